The quantitative estimate of drug-likeness (QED) is 0.867. The highest BCUT2D eigenvalue weighted by atomic mass is 19.1. The Morgan fingerprint density at radius 1 is 1.41 bits per heavy atom. The van der Waals surface area contributed by atoms with Crippen LogP contribution in [0.2, 0.25) is 0 Å². The van der Waals surface area contributed by atoms with Gasteiger partial charge in [-0.2, -0.15) is 0 Å². The molecule has 1 aliphatic carbocycles. The summed E-state index contributed by atoms with van der Waals surface area (Å²) >= 11 is 0. The average Bonchev–Trinajstić information content (AvgIpc) is 3.12. The molecular weight excluding hydrogens is 226 g/mol. The molecule has 0 aromatic heterocycles. The van der Waals surface area contributed by atoms with E-state index in [0.717, 1.165) is 31.0 Å². The molecule has 0 heterocycles. The van der Waals surface area contributed by atoms with Crippen molar-refractivity contribution < 1.29 is 13.6 Å². The monoisotopic (exact) mass is 240 g/mol. The first-order valence-electron chi connectivity index (χ1n) is 5.59. The van der Waals surface area contributed by atoms with Gasteiger partial charge in [0.25, 0.3) is 5.91 Å². The summed E-state index contributed by atoms with van der Waals surface area (Å²) in [5.74, 6) is -1.78. The Morgan fingerprint density at radius 3 is 2.71 bits per heavy atom. The second kappa shape index (κ2) is 4.79. The van der Waals surface area contributed by atoms with E-state index in [-0.39, 0.29) is 11.6 Å². The fraction of sp³-hybridized carbons (Fsp3) is 0.417. The predicted molar refractivity (Wildman–Crippen MR) is 59.5 cm³/mol. The molecular formula is C12H14F2N2O. The highest BCUT2D eigenvalue weighted by Crippen LogP contribution is 2.28. The zero-order valence-electron chi connectivity index (χ0n) is 9.33. The van der Waals surface area contributed by atoms with Crippen molar-refractivity contribution in [2.45, 2.75) is 18.9 Å². The summed E-state index contributed by atoms with van der Waals surface area (Å²) in [5.41, 5.74) is 5.20. The molecule has 1 fully saturated rings. The smallest absolute Gasteiger partial charge is 0.257 e. The lowest BCUT2D eigenvalue weighted by atomic mass is 10.1. The molecule has 0 radical (unpaired) electrons. The lowest BCUT2D eigenvalue weighted by Crippen LogP contribution is -2.37. The van der Waals surface area contributed by atoms with E-state index in [0.29, 0.717) is 13.1 Å². The lowest BCUT2D eigenvalue weighted by molar-refractivity contribution is 0.0743. The summed E-state index contributed by atoms with van der Waals surface area (Å²) in [6, 6.07) is 3.03. The van der Waals surface area contributed by atoms with Gasteiger partial charge in [-0.25, -0.2) is 8.78 Å². The van der Waals surface area contributed by atoms with Crippen LogP contribution in [0.1, 0.15) is 23.2 Å². The minimum Gasteiger partial charge on any atom is -0.334 e. The molecule has 0 saturated heterocycles. The number of nitrogens with two attached hydrogens (primary N) is 1. The van der Waals surface area contributed by atoms with E-state index in [9.17, 15) is 13.6 Å². The largest absolute Gasteiger partial charge is 0.334 e. The first-order chi connectivity index (χ1) is 8.13. The fourth-order valence-corrected chi connectivity index (χ4v) is 1.79. The number of nitrogens with zero attached hydrogens (tertiary/aromatic N) is 1. The molecule has 5 heteroatoms. The predicted octanol–water partition coefficient (Wildman–Crippen LogP) is 1.53. The molecule has 0 unspecified atom stereocenters. The van der Waals surface area contributed by atoms with Crippen LogP contribution in [-0.4, -0.2) is 29.9 Å². The van der Waals surface area contributed by atoms with Gasteiger partial charge in [-0.05, 0) is 31.0 Å². The fourth-order valence-electron chi connectivity index (χ4n) is 1.79. The van der Waals surface area contributed by atoms with Crippen molar-refractivity contribution in [1.29, 1.82) is 0 Å². The van der Waals surface area contributed by atoms with Crippen molar-refractivity contribution in [3.63, 3.8) is 0 Å². The van der Waals surface area contributed by atoms with Gasteiger partial charge in [-0.1, -0.05) is 0 Å². The van der Waals surface area contributed by atoms with Gasteiger partial charge in [0.05, 0.1) is 5.56 Å². The second-order valence-corrected chi connectivity index (χ2v) is 4.14. The number of carbonyl (C=O) groups is 1. The van der Waals surface area contributed by atoms with Crippen LogP contribution < -0.4 is 5.73 Å². The van der Waals surface area contributed by atoms with Gasteiger partial charge in [0.15, 0.2) is 0 Å². The van der Waals surface area contributed by atoms with E-state index in [4.69, 9.17) is 5.73 Å². The van der Waals surface area contributed by atoms with E-state index in [2.05, 4.69) is 0 Å². The number of benzene rings is 1. The standard InChI is InChI=1S/C12H14F2N2O/c13-8-1-4-11(14)10(7-8)12(17)16(6-5-15)9-2-3-9/h1,4,7,9H,2-3,5-6,15H2. The summed E-state index contributed by atoms with van der Waals surface area (Å²) in [5, 5.41) is 0. The third-order valence-corrected chi connectivity index (χ3v) is 2.78. The second-order valence-electron chi connectivity index (χ2n) is 4.14. The van der Waals surface area contributed by atoms with Crippen LogP contribution in [-0.2, 0) is 0 Å². The van der Waals surface area contributed by atoms with Crippen molar-refractivity contribution in [2.24, 2.45) is 5.73 Å². The molecule has 1 saturated carbocycles. The number of hydrogen-bond acceptors (Lipinski definition) is 2. The van der Waals surface area contributed by atoms with Crippen molar-refractivity contribution in [3.05, 3.63) is 35.4 Å². The number of hydrogen-bond donors (Lipinski definition) is 1. The van der Waals surface area contributed by atoms with Gasteiger partial charge in [0.2, 0.25) is 0 Å². The van der Waals surface area contributed by atoms with Crippen LogP contribution in [0.5, 0.6) is 0 Å². The zero-order valence-corrected chi connectivity index (χ0v) is 9.33. The first kappa shape index (κ1) is 12.0. The highest BCUT2D eigenvalue weighted by Gasteiger charge is 2.33. The molecule has 1 amide bonds. The maximum absolute atomic E-state index is 13.5. The van der Waals surface area contributed by atoms with Crippen LogP contribution in [0.4, 0.5) is 8.78 Å². The molecule has 0 spiro atoms. The normalized spacial score (nSPS) is 14.8. The number of amides is 1. The van der Waals surface area contributed by atoms with E-state index >= 15 is 0 Å². The third-order valence-electron chi connectivity index (χ3n) is 2.78. The molecule has 17 heavy (non-hydrogen) atoms. The Hall–Kier alpha value is -1.49. The van der Waals surface area contributed by atoms with Crippen LogP contribution in [0.25, 0.3) is 0 Å². The van der Waals surface area contributed by atoms with Gasteiger partial charge in [0.1, 0.15) is 11.6 Å². The van der Waals surface area contributed by atoms with E-state index in [1.807, 2.05) is 0 Å². The Bertz CT molecular complexity index is 433. The van der Waals surface area contributed by atoms with E-state index in [1.165, 1.54) is 4.90 Å². The Labute approximate surface area is 98.2 Å². The van der Waals surface area contributed by atoms with Crippen molar-refractivity contribution in [2.75, 3.05) is 13.1 Å². The average molecular weight is 240 g/mol. The van der Waals surface area contributed by atoms with E-state index < -0.39 is 17.5 Å². The summed E-state index contributed by atoms with van der Waals surface area (Å²) < 4.78 is 26.5. The van der Waals surface area contributed by atoms with Crippen molar-refractivity contribution in [1.82, 2.24) is 4.90 Å². The lowest BCUT2D eigenvalue weighted by Gasteiger charge is -2.21. The molecule has 1 aromatic rings. The van der Waals surface area contributed by atoms with Gasteiger partial charge < -0.3 is 10.6 Å². The van der Waals surface area contributed by atoms with E-state index in [1.54, 1.807) is 0 Å². The minimum absolute atomic E-state index is 0.133. The molecule has 2 rings (SSSR count). The summed E-state index contributed by atoms with van der Waals surface area (Å²) in [6.45, 7) is 0.693. The Morgan fingerprint density at radius 2 is 2.12 bits per heavy atom. The summed E-state index contributed by atoms with van der Waals surface area (Å²) in [6.07, 6.45) is 1.81. The molecule has 2 N–H and O–H groups in total. The Balaban J connectivity index is 2.24. The SMILES string of the molecule is NCCN(C(=O)c1cc(F)ccc1F)C1CC1. The number of rotatable bonds is 4. The number of carbonyl (C=O) groups excluding carboxylic acids is 1. The maximum atomic E-state index is 13.5. The Kier molecular flexibility index (Phi) is 3.38. The molecule has 3 nitrogen and oxygen atoms in total. The first-order valence-corrected chi connectivity index (χ1v) is 5.59. The number of halogens is 2. The zero-order chi connectivity index (χ0) is 12.4. The van der Waals surface area contributed by atoms with Crippen LogP contribution in [0.15, 0.2) is 18.2 Å². The molecule has 1 aromatic carbocycles. The maximum Gasteiger partial charge on any atom is 0.257 e. The molecule has 1 aliphatic rings. The molecule has 92 valence electrons. The van der Waals surface area contributed by atoms with Gasteiger partial charge >= 0.3 is 0 Å². The summed E-state index contributed by atoms with van der Waals surface area (Å²) in [4.78, 5) is 13.6. The van der Waals surface area contributed by atoms with Gasteiger partial charge in [-0.15, -0.1) is 0 Å². The molecule has 0 atom stereocenters. The highest BCUT2D eigenvalue weighted by molar-refractivity contribution is 5.94. The van der Waals surface area contributed by atoms with Crippen molar-refractivity contribution in [3.8, 4) is 0 Å². The molecule has 0 bridgehead atoms. The van der Waals surface area contributed by atoms with Crippen LogP contribution >= 0.6 is 0 Å². The topological polar surface area (TPSA) is 46.3 Å². The van der Waals surface area contributed by atoms with Crippen molar-refractivity contribution >= 4 is 5.91 Å². The summed E-state index contributed by atoms with van der Waals surface area (Å²) in [7, 11) is 0. The third kappa shape index (κ3) is 2.61. The molecule has 0 aliphatic heterocycles. The van der Waals surface area contributed by atoms with Gasteiger partial charge in [0, 0.05) is 19.1 Å². The van der Waals surface area contributed by atoms with Crippen LogP contribution in [0.3, 0.4) is 0 Å². The van der Waals surface area contributed by atoms with Gasteiger partial charge in [-0.3, -0.25) is 4.79 Å². The van der Waals surface area contributed by atoms with Crippen LogP contribution in [0, 0.1) is 11.6 Å². The minimum atomic E-state index is -0.695.